The molecule has 1 N–H and O–H groups in total. The van der Waals surface area contributed by atoms with Crippen molar-refractivity contribution in [3.05, 3.63) is 34.3 Å². The summed E-state index contributed by atoms with van der Waals surface area (Å²) in [6.45, 7) is 5.09. The van der Waals surface area contributed by atoms with Gasteiger partial charge in [0.25, 0.3) is 0 Å². The lowest BCUT2D eigenvalue weighted by molar-refractivity contribution is -0.116. The molecule has 1 aliphatic rings. The molecule has 0 bridgehead atoms. The number of carbonyl (C=O) groups is 1. The zero-order valence-electron chi connectivity index (χ0n) is 12.6. The molecule has 0 fully saturated rings. The second kappa shape index (κ2) is 6.36. The Hall–Kier alpha value is -2.08. The van der Waals surface area contributed by atoms with Crippen LogP contribution in [0, 0.1) is 13.8 Å². The summed E-state index contributed by atoms with van der Waals surface area (Å²) in [5.41, 5.74) is 2.03. The van der Waals surface area contributed by atoms with Crippen molar-refractivity contribution in [1.29, 1.82) is 0 Å². The van der Waals surface area contributed by atoms with Crippen LogP contribution in [0.15, 0.2) is 18.2 Å². The van der Waals surface area contributed by atoms with E-state index in [-0.39, 0.29) is 5.91 Å². The second-order valence-electron chi connectivity index (χ2n) is 5.19. The fourth-order valence-electron chi connectivity index (χ4n) is 2.21. The summed E-state index contributed by atoms with van der Waals surface area (Å²) in [4.78, 5) is 17.4. The van der Waals surface area contributed by atoms with Crippen molar-refractivity contribution in [1.82, 2.24) is 4.98 Å². The maximum Gasteiger partial charge on any atom is 0.226 e. The number of ether oxygens (including phenoxy) is 2. The van der Waals surface area contributed by atoms with E-state index in [9.17, 15) is 4.79 Å². The lowest BCUT2D eigenvalue weighted by Gasteiger charge is -2.18. The molecule has 3 rings (SSSR count). The van der Waals surface area contributed by atoms with E-state index in [0.29, 0.717) is 31.2 Å². The molecule has 0 aliphatic carbocycles. The van der Waals surface area contributed by atoms with Gasteiger partial charge in [-0.05, 0) is 38.0 Å². The smallest absolute Gasteiger partial charge is 0.226 e. The first-order valence-electron chi connectivity index (χ1n) is 7.24. The van der Waals surface area contributed by atoms with E-state index < -0.39 is 0 Å². The van der Waals surface area contributed by atoms with Crippen LogP contribution in [0.2, 0.25) is 0 Å². The number of hydrogen-bond donors (Lipinski definition) is 1. The van der Waals surface area contributed by atoms with Crippen LogP contribution in [0.5, 0.6) is 11.5 Å². The van der Waals surface area contributed by atoms with E-state index in [4.69, 9.17) is 9.47 Å². The van der Waals surface area contributed by atoms with Gasteiger partial charge in [0.2, 0.25) is 5.91 Å². The van der Waals surface area contributed by atoms with E-state index in [1.807, 2.05) is 32.0 Å². The number of fused-ring (bicyclic) bond motifs is 1. The number of aryl methyl sites for hydroxylation is 3. The molecule has 0 unspecified atom stereocenters. The van der Waals surface area contributed by atoms with Crippen molar-refractivity contribution < 1.29 is 14.3 Å². The molecule has 22 heavy (non-hydrogen) atoms. The van der Waals surface area contributed by atoms with Crippen LogP contribution in [0.25, 0.3) is 0 Å². The second-order valence-corrected chi connectivity index (χ2v) is 6.39. The van der Waals surface area contributed by atoms with Gasteiger partial charge >= 0.3 is 0 Å². The maximum atomic E-state index is 12.0. The molecule has 0 radical (unpaired) electrons. The number of amides is 1. The molecule has 116 valence electrons. The lowest BCUT2D eigenvalue weighted by Crippen LogP contribution is -2.15. The number of aromatic nitrogens is 1. The van der Waals surface area contributed by atoms with Crippen molar-refractivity contribution >= 4 is 22.4 Å². The van der Waals surface area contributed by atoms with Crippen LogP contribution in [0.3, 0.4) is 0 Å². The topological polar surface area (TPSA) is 60.5 Å². The van der Waals surface area contributed by atoms with Gasteiger partial charge in [-0.15, -0.1) is 11.3 Å². The Labute approximate surface area is 133 Å². The Morgan fingerprint density at radius 2 is 2.05 bits per heavy atom. The predicted molar refractivity (Wildman–Crippen MR) is 86.0 cm³/mol. The fraction of sp³-hybridized carbons (Fsp3) is 0.375. The summed E-state index contributed by atoms with van der Waals surface area (Å²) in [6.07, 6.45) is 1.07. The van der Waals surface area contributed by atoms with Crippen molar-refractivity contribution in [3.63, 3.8) is 0 Å². The van der Waals surface area contributed by atoms with Crippen LogP contribution in [-0.2, 0) is 11.2 Å². The first kappa shape index (κ1) is 14.8. The average Bonchev–Trinajstić information content (AvgIpc) is 2.83. The summed E-state index contributed by atoms with van der Waals surface area (Å²) in [5.74, 6) is 1.51. The van der Waals surface area contributed by atoms with E-state index in [1.54, 1.807) is 0 Å². The summed E-state index contributed by atoms with van der Waals surface area (Å²) < 4.78 is 11.0. The highest BCUT2D eigenvalue weighted by Crippen LogP contribution is 2.31. The van der Waals surface area contributed by atoms with Gasteiger partial charge in [0.1, 0.15) is 13.2 Å². The highest BCUT2D eigenvalue weighted by atomic mass is 32.1. The summed E-state index contributed by atoms with van der Waals surface area (Å²) in [7, 11) is 0. The van der Waals surface area contributed by atoms with Gasteiger partial charge in [-0.2, -0.15) is 0 Å². The van der Waals surface area contributed by atoms with E-state index >= 15 is 0 Å². The SMILES string of the molecule is Cc1nc(NC(=O)CCc2ccc3c(c2)OCCO3)sc1C. The van der Waals surface area contributed by atoms with Crippen molar-refractivity contribution in [3.8, 4) is 11.5 Å². The van der Waals surface area contributed by atoms with Gasteiger partial charge in [-0.1, -0.05) is 6.07 Å². The molecule has 0 saturated heterocycles. The average molecular weight is 318 g/mol. The monoisotopic (exact) mass is 318 g/mol. The number of anilines is 1. The van der Waals surface area contributed by atoms with Gasteiger partial charge in [0, 0.05) is 11.3 Å². The number of nitrogens with zero attached hydrogens (tertiary/aromatic N) is 1. The van der Waals surface area contributed by atoms with Crippen LogP contribution < -0.4 is 14.8 Å². The Bertz CT molecular complexity index is 677. The van der Waals surface area contributed by atoms with Gasteiger partial charge in [-0.3, -0.25) is 4.79 Å². The highest BCUT2D eigenvalue weighted by Gasteiger charge is 2.13. The van der Waals surface area contributed by atoms with Crippen molar-refractivity contribution in [2.24, 2.45) is 0 Å². The van der Waals surface area contributed by atoms with Crippen LogP contribution in [-0.4, -0.2) is 24.1 Å². The van der Waals surface area contributed by atoms with E-state index in [2.05, 4.69) is 10.3 Å². The van der Waals surface area contributed by atoms with Gasteiger partial charge in [0.05, 0.1) is 5.69 Å². The number of benzene rings is 1. The third kappa shape index (κ3) is 3.39. The first-order chi connectivity index (χ1) is 10.6. The standard InChI is InChI=1S/C16H18N2O3S/c1-10-11(2)22-16(17-10)18-15(19)6-4-12-3-5-13-14(9-12)21-8-7-20-13/h3,5,9H,4,6-8H2,1-2H3,(H,17,18,19). The molecule has 5 nitrogen and oxygen atoms in total. The number of thiazole rings is 1. The van der Waals surface area contributed by atoms with E-state index in [1.165, 1.54) is 11.3 Å². The minimum Gasteiger partial charge on any atom is -0.486 e. The Balaban J connectivity index is 1.56. The zero-order chi connectivity index (χ0) is 15.5. The third-order valence-corrected chi connectivity index (χ3v) is 4.51. The molecule has 0 atom stereocenters. The zero-order valence-corrected chi connectivity index (χ0v) is 13.5. The molecule has 0 spiro atoms. The van der Waals surface area contributed by atoms with Crippen LogP contribution in [0.4, 0.5) is 5.13 Å². The Morgan fingerprint density at radius 1 is 1.27 bits per heavy atom. The molecule has 2 aromatic rings. The van der Waals surface area contributed by atoms with Crippen molar-refractivity contribution in [2.75, 3.05) is 18.5 Å². The minimum atomic E-state index is -0.0244. The number of carbonyl (C=O) groups excluding carboxylic acids is 1. The van der Waals surface area contributed by atoms with E-state index in [0.717, 1.165) is 27.6 Å². The third-order valence-electron chi connectivity index (χ3n) is 3.52. The van der Waals surface area contributed by atoms with Crippen LogP contribution in [0.1, 0.15) is 22.6 Å². The van der Waals surface area contributed by atoms with Crippen molar-refractivity contribution in [2.45, 2.75) is 26.7 Å². The largest absolute Gasteiger partial charge is 0.486 e. The molecule has 1 amide bonds. The van der Waals surface area contributed by atoms with Gasteiger partial charge < -0.3 is 14.8 Å². The summed E-state index contributed by atoms with van der Waals surface area (Å²) in [6, 6.07) is 5.81. The minimum absolute atomic E-state index is 0.0244. The molecule has 1 aromatic heterocycles. The first-order valence-corrected chi connectivity index (χ1v) is 8.06. The summed E-state index contributed by atoms with van der Waals surface area (Å²) in [5, 5.41) is 3.52. The highest BCUT2D eigenvalue weighted by molar-refractivity contribution is 7.15. The van der Waals surface area contributed by atoms with Crippen LogP contribution >= 0.6 is 11.3 Å². The molecular weight excluding hydrogens is 300 g/mol. The molecule has 6 heteroatoms. The number of hydrogen-bond acceptors (Lipinski definition) is 5. The normalized spacial score (nSPS) is 13.0. The Kier molecular flexibility index (Phi) is 4.29. The Morgan fingerprint density at radius 3 is 2.77 bits per heavy atom. The maximum absolute atomic E-state index is 12.0. The molecule has 0 saturated carbocycles. The van der Waals surface area contributed by atoms with Gasteiger partial charge in [0.15, 0.2) is 16.6 Å². The lowest BCUT2D eigenvalue weighted by atomic mass is 10.1. The molecule has 1 aromatic carbocycles. The molecule has 1 aliphatic heterocycles. The predicted octanol–water partition coefficient (Wildman–Crippen LogP) is 3.10. The summed E-state index contributed by atoms with van der Waals surface area (Å²) >= 11 is 1.50. The number of nitrogens with one attached hydrogen (secondary N) is 1. The molecule has 2 heterocycles. The van der Waals surface area contributed by atoms with Gasteiger partial charge in [-0.25, -0.2) is 4.98 Å². The molecular formula is C16H18N2O3S. The fourth-order valence-corrected chi connectivity index (χ4v) is 3.04. The number of rotatable bonds is 4. The quantitative estimate of drug-likeness (QED) is 0.941.